The SMILES string of the molecule is O=C1C(c2ccccc2)=COC12CCN(CC1CCCCC1)CC2. The molecule has 0 bridgehead atoms. The Morgan fingerprint density at radius 2 is 1.75 bits per heavy atom. The molecule has 1 spiro atoms. The van der Waals surface area contributed by atoms with E-state index in [1.54, 1.807) is 6.26 Å². The first kappa shape index (κ1) is 15.9. The lowest BCUT2D eigenvalue weighted by Gasteiger charge is -2.39. The van der Waals surface area contributed by atoms with Gasteiger partial charge in [0, 0.05) is 32.5 Å². The molecule has 1 saturated heterocycles. The zero-order valence-corrected chi connectivity index (χ0v) is 14.4. The Morgan fingerprint density at radius 3 is 2.46 bits per heavy atom. The zero-order chi connectivity index (χ0) is 16.4. The maximum atomic E-state index is 13.0. The normalized spacial score (nSPS) is 24.8. The number of nitrogens with zero attached hydrogens (tertiary/aromatic N) is 1. The standard InChI is InChI=1S/C21H27NO2/c23-20-19(18-9-5-2-6-10-18)16-24-21(20)11-13-22(14-12-21)15-17-7-3-1-4-8-17/h2,5-6,9-10,16-17H,1,3-4,7-8,11-15H2. The van der Waals surface area contributed by atoms with Crippen LogP contribution in [0.2, 0.25) is 0 Å². The molecule has 128 valence electrons. The minimum absolute atomic E-state index is 0.186. The van der Waals surface area contributed by atoms with E-state index in [4.69, 9.17) is 4.74 Å². The number of benzene rings is 1. The molecule has 0 unspecified atom stereocenters. The van der Waals surface area contributed by atoms with E-state index >= 15 is 0 Å². The third-order valence-electron chi connectivity index (χ3n) is 6.05. The Kier molecular flexibility index (Phi) is 4.45. The summed E-state index contributed by atoms with van der Waals surface area (Å²) in [6.07, 6.45) is 10.3. The molecule has 1 aliphatic carbocycles. The Balaban J connectivity index is 1.36. The number of piperidine rings is 1. The maximum Gasteiger partial charge on any atom is 0.210 e. The van der Waals surface area contributed by atoms with E-state index in [1.165, 1.54) is 38.6 Å². The molecule has 24 heavy (non-hydrogen) atoms. The summed E-state index contributed by atoms with van der Waals surface area (Å²) < 4.78 is 5.96. The van der Waals surface area contributed by atoms with E-state index in [1.807, 2.05) is 30.3 Å². The number of carbonyl (C=O) groups excluding carboxylic acids is 1. The molecule has 3 heteroatoms. The molecule has 3 aliphatic rings. The highest BCUT2D eigenvalue weighted by Crippen LogP contribution is 2.39. The van der Waals surface area contributed by atoms with Crippen molar-refractivity contribution in [3.63, 3.8) is 0 Å². The number of ketones is 1. The van der Waals surface area contributed by atoms with E-state index in [2.05, 4.69) is 4.90 Å². The third kappa shape index (κ3) is 3.02. The second-order valence-corrected chi connectivity index (χ2v) is 7.64. The molecule has 1 aromatic rings. The molecule has 2 fully saturated rings. The van der Waals surface area contributed by atoms with Crippen LogP contribution in [0.15, 0.2) is 36.6 Å². The lowest BCUT2D eigenvalue weighted by molar-refractivity contribution is -0.133. The van der Waals surface area contributed by atoms with Crippen LogP contribution in [0.25, 0.3) is 5.57 Å². The van der Waals surface area contributed by atoms with E-state index < -0.39 is 5.60 Å². The van der Waals surface area contributed by atoms with Crippen molar-refractivity contribution in [2.75, 3.05) is 19.6 Å². The van der Waals surface area contributed by atoms with Crippen molar-refractivity contribution >= 4 is 11.4 Å². The summed E-state index contributed by atoms with van der Waals surface area (Å²) in [5.74, 6) is 1.05. The van der Waals surface area contributed by atoms with Crippen LogP contribution in [0.3, 0.4) is 0 Å². The summed E-state index contributed by atoms with van der Waals surface area (Å²) in [5, 5.41) is 0. The fraction of sp³-hybridized carbons (Fsp3) is 0.571. The van der Waals surface area contributed by atoms with Gasteiger partial charge >= 0.3 is 0 Å². The van der Waals surface area contributed by atoms with Gasteiger partial charge in [0.2, 0.25) is 5.78 Å². The van der Waals surface area contributed by atoms with Gasteiger partial charge < -0.3 is 9.64 Å². The highest BCUT2D eigenvalue weighted by molar-refractivity contribution is 6.26. The first-order valence-electron chi connectivity index (χ1n) is 9.47. The van der Waals surface area contributed by atoms with Gasteiger partial charge in [-0.05, 0) is 24.3 Å². The number of rotatable bonds is 3. The summed E-state index contributed by atoms with van der Waals surface area (Å²) in [4.78, 5) is 15.5. The predicted molar refractivity (Wildman–Crippen MR) is 95.5 cm³/mol. The van der Waals surface area contributed by atoms with Crippen molar-refractivity contribution in [1.82, 2.24) is 4.90 Å². The first-order chi connectivity index (χ1) is 11.8. The minimum Gasteiger partial charge on any atom is -0.486 e. The highest BCUT2D eigenvalue weighted by Gasteiger charge is 2.48. The molecule has 4 rings (SSSR count). The topological polar surface area (TPSA) is 29.5 Å². The number of Topliss-reactive ketones (excluding diaryl/α,β-unsaturated/α-hetero) is 1. The van der Waals surface area contributed by atoms with Crippen LogP contribution in [0.4, 0.5) is 0 Å². The van der Waals surface area contributed by atoms with Crippen molar-refractivity contribution in [3.05, 3.63) is 42.2 Å². The Labute approximate surface area is 144 Å². The Bertz CT molecular complexity index is 608. The van der Waals surface area contributed by atoms with Gasteiger partial charge in [0.15, 0.2) is 5.60 Å². The smallest absolute Gasteiger partial charge is 0.210 e. The van der Waals surface area contributed by atoms with Gasteiger partial charge in [-0.2, -0.15) is 0 Å². The molecule has 3 nitrogen and oxygen atoms in total. The monoisotopic (exact) mass is 325 g/mol. The van der Waals surface area contributed by atoms with Crippen LogP contribution in [-0.2, 0) is 9.53 Å². The first-order valence-corrected chi connectivity index (χ1v) is 9.47. The lowest BCUT2D eigenvalue weighted by Crippen LogP contribution is -2.49. The van der Waals surface area contributed by atoms with E-state index in [9.17, 15) is 4.79 Å². The second kappa shape index (κ2) is 6.72. The number of ether oxygens (including phenoxy) is 1. The molecule has 0 atom stereocenters. The average molecular weight is 325 g/mol. The van der Waals surface area contributed by atoms with Crippen LogP contribution in [-0.4, -0.2) is 35.9 Å². The number of carbonyl (C=O) groups is 1. The van der Waals surface area contributed by atoms with Crippen LogP contribution in [0.1, 0.15) is 50.5 Å². The summed E-state index contributed by atoms with van der Waals surface area (Å²) >= 11 is 0. The minimum atomic E-state index is -0.589. The van der Waals surface area contributed by atoms with Gasteiger partial charge in [0.25, 0.3) is 0 Å². The van der Waals surface area contributed by atoms with Gasteiger partial charge in [-0.3, -0.25) is 4.79 Å². The summed E-state index contributed by atoms with van der Waals surface area (Å²) in [6.45, 7) is 3.18. The predicted octanol–water partition coefficient (Wildman–Crippen LogP) is 4.04. The average Bonchev–Trinajstić information content (AvgIpc) is 2.95. The molecule has 0 radical (unpaired) electrons. The lowest BCUT2D eigenvalue weighted by atomic mass is 9.83. The van der Waals surface area contributed by atoms with Crippen molar-refractivity contribution in [1.29, 1.82) is 0 Å². The van der Waals surface area contributed by atoms with E-state index in [0.29, 0.717) is 0 Å². The van der Waals surface area contributed by atoms with E-state index in [0.717, 1.165) is 43.0 Å². The van der Waals surface area contributed by atoms with Crippen LogP contribution < -0.4 is 0 Å². The van der Waals surface area contributed by atoms with Crippen LogP contribution in [0.5, 0.6) is 0 Å². The highest BCUT2D eigenvalue weighted by atomic mass is 16.5. The van der Waals surface area contributed by atoms with Crippen molar-refractivity contribution in [2.45, 2.75) is 50.5 Å². The second-order valence-electron chi connectivity index (χ2n) is 7.64. The molecule has 2 aliphatic heterocycles. The Hall–Kier alpha value is -1.61. The quantitative estimate of drug-likeness (QED) is 0.840. The largest absolute Gasteiger partial charge is 0.486 e. The summed E-state index contributed by atoms with van der Waals surface area (Å²) in [5.41, 5.74) is 1.13. The maximum absolute atomic E-state index is 13.0. The van der Waals surface area contributed by atoms with Crippen molar-refractivity contribution in [3.8, 4) is 0 Å². The molecule has 2 heterocycles. The molecular formula is C21H27NO2. The molecule has 1 saturated carbocycles. The van der Waals surface area contributed by atoms with Gasteiger partial charge in [-0.1, -0.05) is 49.6 Å². The summed E-state index contributed by atoms with van der Waals surface area (Å²) in [6, 6.07) is 9.90. The van der Waals surface area contributed by atoms with Crippen LogP contribution in [0, 0.1) is 5.92 Å². The van der Waals surface area contributed by atoms with Crippen molar-refractivity contribution < 1.29 is 9.53 Å². The van der Waals surface area contributed by atoms with Gasteiger partial charge in [-0.15, -0.1) is 0 Å². The van der Waals surface area contributed by atoms with Crippen LogP contribution >= 0.6 is 0 Å². The Morgan fingerprint density at radius 1 is 1.04 bits per heavy atom. The van der Waals surface area contributed by atoms with Gasteiger partial charge in [-0.25, -0.2) is 0 Å². The number of hydrogen-bond acceptors (Lipinski definition) is 3. The zero-order valence-electron chi connectivity index (χ0n) is 14.4. The molecule has 0 amide bonds. The molecule has 0 aromatic heterocycles. The van der Waals surface area contributed by atoms with E-state index in [-0.39, 0.29) is 5.78 Å². The molecule has 0 N–H and O–H groups in total. The van der Waals surface area contributed by atoms with Gasteiger partial charge in [0.1, 0.15) is 0 Å². The van der Waals surface area contributed by atoms with Gasteiger partial charge in [0.05, 0.1) is 11.8 Å². The fourth-order valence-electron chi connectivity index (χ4n) is 4.52. The number of hydrogen-bond donors (Lipinski definition) is 0. The third-order valence-corrected chi connectivity index (χ3v) is 6.05. The molecule has 1 aromatic carbocycles. The summed E-state index contributed by atoms with van der Waals surface area (Å²) in [7, 11) is 0. The number of likely N-dealkylation sites (tertiary alicyclic amines) is 1. The molecular weight excluding hydrogens is 298 g/mol. The fourth-order valence-corrected chi connectivity index (χ4v) is 4.52. The van der Waals surface area contributed by atoms with Crippen molar-refractivity contribution in [2.24, 2.45) is 5.92 Å².